The molecule has 1 radical (unpaired) electrons. The second-order valence-corrected chi connectivity index (χ2v) is 2.76. The highest BCUT2D eigenvalue weighted by Crippen LogP contribution is 2.02. The van der Waals surface area contributed by atoms with Crippen LogP contribution in [0.1, 0.15) is 12.8 Å². The smallest absolute Gasteiger partial charge is 0.313 e. The van der Waals surface area contributed by atoms with E-state index in [1.54, 1.807) is 0 Å². The number of rotatable bonds is 5. The Labute approximate surface area is 59.6 Å². The minimum Gasteiger partial charge on any atom is -0.481 e. The first-order chi connectivity index (χ1) is 4.27. The molecule has 0 saturated carbocycles. The van der Waals surface area contributed by atoms with Crippen LogP contribution in [-0.2, 0) is 4.79 Å². The highest BCUT2D eigenvalue weighted by Gasteiger charge is 1.94. The van der Waals surface area contributed by atoms with E-state index in [2.05, 4.69) is 6.92 Å². The third-order valence-electron chi connectivity index (χ3n) is 0.764. The number of thioether (sulfide) groups is 1. The van der Waals surface area contributed by atoms with Gasteiger partial charge in [-0.2, -0.15) is 11.8 Å². The lowest BCUT2D eigenvalue weighted by atomic mass is 10.4. The van der Waals surface area contributed by atoms with E-state index in [-0.39, 0.29) is 5.75 Å². The third-order valence-corrected chi connectivity index (χ3v) is 1.79. The van der Waals surface area contributed by atoms with Gasteiger partial charge in [-0.25, -0.2) is 0 Å². The topological polar surface area (TPSA) is 37.3 Å². The van der Waals surface area contributed by atoms with Gasteiger partial charge in [0.25, 0.3) is 0 Å². The fraction of sp³-hybridized carbons (Fsp3) is 0.667. The number of carboxylic acids is 1. The Morgan fingerprint density at radius 1 is 1.67 bits per heavy atom. The Kier molecular flexibility index (Phi) is 5.83. The van der Waals surface area contributed by atoms with Gasteiger partial charge in [-0.15, -0.1) is 0 Å². The molecule has 0 saturated heterocycles. The molecule has 0 unspecified atom stereocenters. The first-order valence-corrected chi connectivity index (χ1v) is 4.01. The summed E-state index contributed by atoms with van der Waals surface area (Å²) in [6, 6.07) is 0. The first kappa shape index (κ1) is 8.82. The first-order valence-electron chi connectivity index (χ1n) is 2.86. The van der Waals surface area contributed by atoms with Crippen LogP contribution in [-0.4, -0.2) is 22.6 Å². The quantitative estimate of drug-likeness (QED) is 0.597. The summed E-state index contributed by atoms with van der Waals surface area (Å²) in [6.45, 7) is 3.64. The van der Waals surface area contributed by atoms with Crippen molar-refractivity contribution in [1.29, 1.82) is 0 Å². The summed E-state index contributed by atoms with van der Waals surface area (Å²) in [5.41, 5.74) is 0. The van der Waals surface area contributed by atoms with Gasteiger partial charge in [0.2, 0.25) is 0 Å². The highest BCUT2D eigenvalue weighted by atomic mass is 32.2. The summed E-state index contributed by atoms with van der Waals surface area (Å²) in [6.07, 6.45) is 1.91. The number of hydrogen-bond acceptors (Lipinski definition) is 2. The van der Waals surface area contributed by atoms with Crippen molar-refractivity contribution in [1.82, 2.24) is 0 Å². The van der Waals surface area contributed by atoms with Crippen LogP contribution in [0.5, 0.6) is 0 Å². The summed E-state index contributed by atoms with van der Waals surface area (Å²) in [4.78, 5) is 9.93. The van der Waals surface area contributed by atoms with E-state index in [0.29, 0.717) is 0 Å². The molecule has 1 N–H and O–H groups in total. The fourth-order valence-electron chi connectivity index (χ4n) is 0.364. The predicted molar refractivity (Wildman–Crippen MR) is 39.6 cm³/mol. The number of carboxylic acid groups (broad SMARTS) is 1. The highest BCUT2D eigenvalue weighted by molar-refractivity contribution is 7.99. The van der Waals surface area contributed by atoms with Crippen LogP contribution in [0.3, 0.4) is 0 Å². The summed E-state index contributed by atoms with van der Waals surface area (Å²) in [7, 11) is 0. The second-order valence-electron chi connectivity index (χ2n) is 1.65. The normalized spacial score (nSPS) is 9.44. The van der Waals surface area contributed by atoms with Gasteiger partial charge in [-0.3, -0.25) is 4.79 Å². The molecule has 0 aromatic heterocycles. The van der Waals surface area contributed by atoms with E-state index >= 15 is 0 Å². The lowest BCUT2D eigenvalue weighted by Gasteiger charge is -1.93. The molecule has 0 bridgehead atoms. The molecule has 0 aliphatic rings. The van der Waals surface area contributed by atoms with Crippen molar-refractivity contribution in [2.24, 2.45) is 0 Å². The lowest BCUT2D eigenvalue weighted by molar-refractivity contribution is -0.133. The van der Waals surface area contributed by atoms with Crippen LogP contribution in [0.2, 0.25) is 0 Å². The van der Waals surface area contributed by atoms with E-state index in [1.807, 2.05) is 0 Å². The Morgan fingerprint density at radius 3 is 2.78 bits per heavy atom. The van der Waals surface area contributed by atoms with Crippen LogP contribution in [0.4, 0.5) is 0 Å². The molecule has 0 aliphatic carbocycles. The van der Waals surface area contributed by atoms with Crippen LogP contribution in [0, 0.1) is 6.92 Å². The van der Waals surface area contributed by atoms with E-state index in [1.165, 1.54) is 11.8 Å². The Morgan fingerprint density at radius 2 is 2.33 bits per heavy atom. The summed E-state index contributed by atoms with van der Waals surface area (Å²) in [5, 5.41) is 8.18. The molecule has 9 heavy (non-hydrogen) atoms. The predicted octanol–water partition coefficient (Wildman–Crippen LogP) is 1.42. The number of carbonyl (C=O) groups is 1. The molecule has 0 amide bonds. The monoisotopic (exact) mass is 147 g/mol. The molecule has 3 heteroatoms. The second kappa shape index (κ2) is 5.95. The maximum Gasteiger partial charge on any atom is 0.313 e. The standard InChI is InChI=1S/C6H11O2S/c1-2-3-4-9-5-6(7)8/h1-5H2,(H,7,8). The molecule has 2 nitrogen and oxygen atoms in total. The summed E-state index contributed by atoms with van der Waals surface area (Å²) < 4.78 is 0. The van der Waals surface area contributed by atoms with Gasteiger partial charge in [0.05, 0.1) is 5.75 Å². The molecule has 0 aliphatic heterocycles. The van der Waals surface area contributed by atoms with Gasteiger partial charge < -0.3 is 5.11 Å². The maximum atomic E-state index is 9.93. The van der Waals surface area contributed by atoms with E-state index < -0.39 is 5.97 Å². The number of unbranched alkanes of at least 4 members (excludes halogenated alkanes) is 1. The van der Waals surface area contributed by atoms with Crippen molar-refractivity contribution in [2.45, 2.75) is 12.8 Å². The molecule has 0 spiro atoms. The molecular formula is C6H11O2S. The molecular weight excluding hydrogens is 136 g/mol. The molecule has 0 rings (SSSR count). The van der Waals surface area contributed by atoms with Gasteiger partial charge >= 0.3 is 5.97 Å². The number of hydrogen-bond donors (Lipinski definition) is 1. The molecule has 0 fully saturated rings. The van der Waals surface area contributed by atoms with Gasteiger partial charge in [0.15, 0.2) is 0 Å². The van der Waals surface area contributed by atoms with Crippen LogP contribution in [0.15, 0.2) is 0 Å². The number of aliphatic carboxylic acids is 1. The van der Waals surface area contributed by atoms with Crippen molar-refractivity contribution in [3.05, 3.63) is 6.92 Å². The molecule has 0 aromatic carbocycles. The van der Waals surface area contributed by atoms with Crippen LogP contribution < -0.4 is 0 Å². The van der Waals surface area contributed by atoms with Gasteiger partial charge in [-0.05, 0) is 12.2 Å². The zero-order valence-corrected chi connectivity index (χ0v) is 6.12. The Hall–Kier alpha value is -0.180. The van der Waals surface area contributed by atoms with Crippen LogP contribution >= 0.6 is 11.8 Å². The molecule has 0 heterocycles. The van der Waals surface area contributed by atoms with Crippen LogP contribution in [0.25, 0.3) is 0 Å². The fourth-order valence-corrected chi connectivity index (χ4v) is 1.09. The van der Waals surface area contributed by atoms with E-state index in [4.69, 9.17) is 5.11 Å². The lowest BCUT2D eigenvalue weighted by Crippen LogP contribution is -1.98. The zero-order chi connectivity index (χ0) is 7.11. The molecule has 0 aromatic rings. The average Bonchev–Trinajstić information content (AvgIpc) is 1.80. The van der Waals surface area contributed by atoms with Gasteiger partial charge in [0.1, 0.15) is 0 Å². The van der Waals surface area contributed by atoms with Crippen molar-refractivity contribution >= 4 is 17.7 Å². The third kappa shape index (κ3) is 7.82. The largest absolute Gasteiger partial charge is 0.481 e. The van der Waals surface area contributed by atoms with Crippen molar-refractivity contribution < 1.29 is 9.90 Å². The van der Waals surface area contributed by atoms with Crippen molar-refractivity contribution in [3.8, 4) is 0 Å². The Bertz CT molecular complexity index is 83.1. The minimum absolute atomic E-state index is 0.222. The van der Waals surface area contributed by atoms with E-state index in [0.717, 1.165) is 18.6 Å². The summed E-state index contributed by atoms with van der Waals surface area (Å²) >= 11 is 1.45. The maximum absolute atomic E-state index is 9.93. The average molecular weight is 147 g/mol. The van der Waals surface area contributed by atoms with E-state index in [9.17, 15) is 4.79 Å². The SMILES string of the molecule is [CH2]CCCSCC(=O)O. The summed E-state index contributed by atoms with van der Waals surface area (Å²) in [5.74, 6) is 0.402. The van der Waals surface area contributed by atoms with Crippen molar-refractivity contribution in [2.75, 3.05) is 11.5 Å². The molecule has 53 valence electrons. The molecule has 0 atom stereocenters. The Balaban J connectivity index is 2.83. The van der Waals surface area contributed by atoms with Gasteiger partial charge in [-0.1, -0.05) is 13.3 Å². The minimum atomic E-state index is -0.732. The van der Waals surface area contributed by atoms with Crippen molar-refractivity contribution in [3.63, 3.8) is 0 Å². The van der Waals surface area contributed by atoms with Gasteiger partial charge in [0, 0.05) is 0 Å². The zero-order valence-electron chi connectivity index (χ0n) is 5.30.